The average Bonchev–Trinajstić information content (AvgIpc) is 3.68. The third-order valence-electron chi connectivity index (χ3n) is 8.67. The van der Waals surface area contributed by atoms with Crippen LogP contribution in [0.3, 0.4) is 0 Å². The number of rotatable bonds is 5. The van der Waals surface area contributed by atoms with Crippen LogP contribution >= 0.6 is 11.3 Å². The van der Waals surface area contributed by atoms with Crippen LogP contribution in [0.5, 0.6) is 0 Å². The maximum Gasteiger partial charge on any atom is 0.137 e. The highest BCUT2D eigenvalue weighted by Gasteiger charge is 2.22. The summed E-state index contributed by atoms with van der Waals surface area (Å²) < 4.78 is 9.00. The van der Waals surface area contributed by atoms with Crippen molar-refractivity contribution < 1.29 is 4.42 Å². The molecule has 0 unspecified atom stereocenters. The van der Waals surface area contributed by atoms with E-state index in [1.807, 2.05) is 23.5 Å². The molecule has 7 aromatic carbocycles. The van der Waals surface area contributed by atoms with Crippen LogP contribution in [0.1, 0.15) is 0 Å². The first-order valence-corrected chi connectivity index (χ1v) is 16.0. The van der Waals surface area contributed by atoms with Gasteiger partial charge in [-0.2, -0.15) is 0 Å². The molecule has 45 heavy (non-hydrogen) atoms. The van der Waals surface area contributed by atoms with Gasteiger partial charge < -0.3 is 9.32 Å². The summed E-state index contributed by atoms with van der Waals surface area (Å²) in [4.78, 5) is 2.40. The summed E-state index contributed by atoms with van der Waals surface area (Å²) in [5, 5.41) is 4.83. The Bertz CT molecular complexity index is 2510. The van der Waals surface area contributed by atoms with E-state index in [2.05, 4.69) is 157 Å². The van der Waals surface area contributed by atoms with E-state index in [9.17, 15) is 0 Å². The second kappa shape index (κ2) is 10.5. The van der Waals surface area contributed by atoms with Gasteiger partial charge >= 0.3 is 0 Å². The summed E-state index contributed by atoms with van der Waals surface area (Å²) in [5.74, 6) is 0. The molecular formula is C42H27NOS. The second-order valence-electron chi connectivity index (χ2n) is 11.3. The van der Waals surface area contributed by atoms with Crippen molar-refractivity contribution in [3.05, 3.63) is 164 Å². The third-order valence-corrected chi connectivity index (χ3v) is 9.81. The quantitative estimate of drug-likeness (QED) is 0.197. The van der Waals surface area contributed by atoms with Gasteiger partial charge in [0, 0.05) is 36.8 Å². The molecule has 2 nitrogen and oxygen atoms in total. The van der Waals surface area contributed by atoms with Gasteiger partial charge in [-0.15, -0.1) is 11.3 Å². The van der Waals surface area contributed by atoms with E-state index < -0.39 is 0 Å². The van der Waals surface area contributed by atoms with Crippen molar-refractivity contribution >= 4 is 70.5 Å². The Labute approximate surface area is 265 Å². The Morgan fingerprint density at radius 3 is 2.00 bits per heavy atom. The number of hydrogen-bond acceptors (Lipinski definition) is 3. The van der Waals surface area contributed by atoms with Crippen molar-refractivity contribution in [2.75, 3.05) is 4.90 Å². The molecule has 0 bridgehead atoms. The molecule has 3 heteroatoms. The van der Waals surface area contributed by atoms with Gasteiger partial charge in [0.1, 0.15) is 11.2 Å². The zero-order chi connectivity index (χ0) is 29.7. The zero-order valence-electron chi connectivity index (χ0n) is 24.4. The van der Waals surface area contributed by atoms with E-state index in [1.165, 1.54) is 42.4 Å². The molecule has 0 N–H and O–H groups in total. The van der Waals surface area contributed by atoms with Crippen molar-refractivity contribution in [2.45, 2.75) is 0 Å². The number of benzene rings is 7. The summed E-state index contributed by atoms with van der Waals surface area (Å²) in [5.41, 5.74) is 9.82. The van der Waals surface area contributed by atoms with Gasteiger partial charge in [0.05, 0.1) is 16.8 Å². The van der Waals surface area contributed by atoms with Crippen LogP contribution in [0.25, 0.3) is 64.4 Å². The predicted octanol–water partition coefficient (Wildman–Crippen LogP) is 12.8. The zero-order valence-corrected chi connectivity index (χ0v) is 25.2. The first-order chi connectivity index (χ1) is 22.3. The maximum absolute atomic E-state index is 6.38. The van der Waals surface area contributed by atoms with Crippen molar-refractivity contribution in [3.8, 4) is 22.3 Å². The molecule has 0 amide bonds. The minimum Gasteiger partial charge on any atom is -0.456 e. The van der Waals surface area contributed by atoms with E-state index in [0.717, 1.165) is 39.0 Å². The minimum atomic E-state index is 0.876. The number of fused-ring (bicyclic) bond motifs is 6. The molecule has 9 rings (SSSR count). The van der Waals surface area contributed by atoms with Crippen molar-refractivity contribution in [2.24, 2.45) is 0 Å². The van der Waals surface area contributed by atoms with E-state index >= 15 is 0 Å². The predicted molar refractivity (Wildman–Crippen MR) is 192 cm³/mol. The molecule has 0 radical (unpaired) electrons. The van der Waals surface area contributed by atoms with Crippen molar-refractivity contribution in [3.63, 3.8) is 0 Å². The maximum atomic E-state index is 6.38. The van der Waals surface area contributed by atoms with Crippen LogP contribution in [0.2, 0.25) is 0 Å². The third kappa shape index (κ3) is 4.24. The fourth-order valence-electron chi connectivity index (χ4n) is 6.71. The Balaban J connectivity index is 1.33. The Morgan fingerprint density at radius 2 is 1.07 bits per heavy atom. The highest BCUT2D eigenvalue weighted by molar-refractivity contribution is 7.25. The van der Waals surface area contributed by atoms with Crippen LogP contribution in [-0.2, 0) is 0 Å². The number of thiophene rings is 1. The van der Waals surface area contributed by atoms with Gasteiger partial charge in [-0.1, -0.05) is 115 Å². The highest BCUT2D eigenvalue weighted by Crippen LogP contribution is 2.47. The van der Waals surface area contributed by atoms with Gasteiger partial charge in [-0.05, 0) is 65.2 Å². The lowest BCUT2D eigenvalue weighted by molar-refractivity contribution is 0.669. The van der Waals surface area contributed by atoms with Gasteiger partial charge in [0.2, 0.25) is 0 Å². The van der Waals surface area contributed by atoms with E-state index in [0.29, 0.717) is 0 Å². The molecule has 0 atom stereocenters. The van der Waals surface area contributed by atoms with E-state index in [4.69, 9.17) is 4.42 Å². The van der Waals surface area contributed by atoms with Crippen molar-refractivity contribution in [1.82, 2.24) is 0 Å². The smallest absolute Gasteiger partial charge is 0.137 e. The highest BCUT2D eigenvalue weighted by atomic mass is 32.1. The van der Waals surface area contributed by atoms with E-state index in [-0.39, 0.29) is 0 Å². The molecule has 2 aromatic heterocycles. The number of para-hydroxylation sites is 2. The molecule has 0 aliphatic rings. The van der Waals surface area contributed by atoms with Gasteiger partial charge in [0.25, 0.3) is 0 Å². The monoisotopic (exact) mass is 593 g/mol. The van der Waals surface area contributed by atoms with Crippen LogP contribution in [-0.4, -0.2) is 0 Å². The average molecular weight is 594 g/mol. The van der Waals surface area contributed by atoms with Crippen LogP contribution in [0.15, 0.2) is 168 Å². The normalized spacial score (nSPS) is 11.6. The summed E-state index contributed by atoms with van der Waals surface area (Å²) >= 11 is 1.86. The van der Waals surface area contributed by atoms with Crippen molar-refractivity contribution in [1.29, 1.82) is 0 Å². The molecule has 0 aliphatic heterocycles. The lowest BCUT2D eigenvalue weighted by atomic mass is 9.97. The fraction of sp³-hybridized carbons (Fsp3) is 0. The van der Waals surface area contributed by atoms with Crippen LogP contribution in [0.4, 0.5) is 17.1 Å². The molecule has 0 aliphatic carbocycles. The minimum absolute atomic E-state index is 0.876. The van der Waals surface area contributed by atoms with E-state index in [1.54, 1.807) is 0 Å². The summed E-state index contributed by atoms with van der Waals surface area (Å²) in [6, 6.07) is 58.4. The van der Waals surface area contributed by atoms with Crippen LogP contribution in [0, 0.1) is 0 Å². The molecule has 0 saturated heterocycles. The Kier molecular flexibility index (Phi) is 6.03. The SMILES string of the molecule is c1ccc(-c2ccccc2N(c2cccc(-c3cccc4sc5ccccc5c34)c2)c2cccc3oc4ccccc4c23)cc1. The number of hydrogen-bond donors (Lipinski definition) is 0. The molecule has 0 fully saturated rings. The molecule has 2 heterocycles. The van der Waals surface area contributed by atoms with Gasteiger partial charge in [-0.3, -0.25) is 0 Å². The molecule has 9 aromatic rings. The first-order valence-electron chi connectivity index (χ1n) is 15.2. The molecular weight excluding hydrogens is 567 g/mol. The number of anilines is 3. The Hall–Kier alpha value is -5.64. The second-order valence-corrected chi connectivity index (χ2v) is 12.4. The fourth-order valence-corrected chi connectivity index (χ4v) is 7.84. The Morgan fingerprint density at radius 1 is 0.422 bits per heavy atom. The topological polar surface area (TPSA) is 16.4 Å². The molecule has 212 valence electrons. The largest absolute Gasteiger partial charge is 0.456 e. The number of furan rings is 1. The molecule has 0 saturated carbocycles. The first kappa shape index (κ1) is 25.8. The lowest BCUT2D eigenvalue weighted by Gasteiger charge is -2.29. The molecule has 0 spiro atoms. The summed E-state index contributed by atoms with van der Waals surface area (Å²) in [6.07, 6.45) is 0. The number of nitrogens with zero attached hydrogens (tertiary/aromatic N) is 1. The summed E-state index contributed by atoms with van der Waals surface area (Å²) in [7, 11) is 0. The van der Waals surface area contributed by atoms with Crippen LogP contribution < -0.4 is 4.90 Å². The standard InChI is InChI=1S/C42H27NOS/c1-2-13-28(14-3-1)31-17-4-7-21-35(31)43(36-22-12-24-38-42(36)33-18-5-8-23-37(33)44-38)30-16-10-15-29(27-30)32-20-11-26-40-41(32)34-19-6-9-25-39(34)45-40/h1-27H. The summed E-state index contributed by atoms with van der Waals surface area (Å²) in [6.45, 7) is 0. The lowest BCUT2D eigenvalue weighted by Crippen LogP contribution is -2.11. The van der Waals surface area contributed by atoms with Gasteiger partial charge in [0.15, 0.2) is 0 Å². The van der Waals surface area contributed by atoms with Gasteiger partial charge in [-0.25, -0.2) is 0 Å².